The van der Waals surface area contributed by atoms with Gasteiger partial charge in [-0.1, -0.05) is 12.1 Å². The zero-order valence-corrected chi connectivity index (χ0v) is 12.8. The number of Topliss-reactive ketones (excluding diaryl/α,β-unsaturated/α-hetero) is 1. The van der Waals surface area contributed by atoms with Crippen LogP contribution >= 0.6 is 0 Å². The Labute approximate surface area is 129 Å². The first-order valence-corrected chi connectivity index (χ1v) is 7.61. The second-order valence-corrected chi connectivity index (χ2v) is 5.65. The van der Waals surface area contributed by atoms with Crippen molar-refractivity contribution in [2.45, 2.75) is 51.6 Å². The third-order valence-corrected chi connectivity index (χ3v) is 3.94. The SMILES string of the molecule is C[C@H](OC(=O)CCC(=O)c1ccc2c(c1)CCCC2)C(N)=O. The molecule has 0 radical (unpaired) electrons. The van der Waals surface area contributed by atoms with Crippen molar-refractivity contribution in [2.75, 3.05) is 0 Å². The van der Waals surface area contributed by atoms with E-state index in [0.717, 1.165) is 19.3 Å². The molecule has 1 amide bonds. The predicted octanol–water partition coefficient (Wildman–Crippen LogP) is 1.95. The molecule has 0 aliphatic heterocycles. The molecule has 22 heavy (non-hydrogen) atoms. The van der Waals surface area contributed by atoms with E-state index < -0.39 is 18.0 Å². The van der Waals surface area contributed by atoms with Crippen LogP contribution in [-0.2, 0) is 27.2 Å². The number of rotatable bonds is 6. The second kappa shape index (κ2) is 7.20. The van der Waals surface area contributed by atoms with Gasteiger partial charge >= 0.3 is 5.97 Å². The van der Waals surface area contributed by atoms with Crippen LogP contribution in [-0.4, -0.2) is 23.8 Å². The summed E-state index contributed by atoms with van der Waals surface area (Å²) in [4.78, 5) is 34.5. The molecule has 0 saturated heterocycles. The molecule has 0 bridgehead atoms. The molecule has 1 aliphatic carbocycles. The lowest BCUT2D eigenvalue weighted by Gasteiger charge is -2.16. The number of fused-ring (bicyclic) bond motifs is 1. The molecule has 0 saturated carbocycles. The number of aryl methyl sites for hydroxylation is 2. The largest absolute Gasteiger partial charge is 0.453 e. The lowest BCUT2D eigenvalue weighted by molar-refractivity contribution is -0.153. The molecule has 118 valence electrons. The highest BCUT2D eigenvalue weighted by Gasteiger charge is 2.17. The lowest BCUT2D eigenvalue weighted by atomic mass is 9.89. The van der Waals surface area contributed by atoms with Crippen LogP contribution in [0.5, 0.6) is 0 Å². The number of ether oxygens (including phenoxy) is 1. The summed E-state index contributed by atoms with van der Waals surface area (Å²) in [5.41, 5.74) is 8.20. The van der Waals surface area contributed by atoms with Gasteiger partial charge in [0, 0.05) is 12.0 Å². The molecule has 0 heterocycles. The number of nitrogens with two attached hydrogens (primary N) is 1. The molecule has 2 N–H and O–H groups in total. The van der Waals surface area contributed by atoms with Crippen LogP contribution in [0.1, 0.15) is 54.1 Å². The summed E-state index contributed by atoms with van der Waals surface area (Å²) >= 11 is 0. The number of hydrogen-bond acceptors (Lipinski definition) is 4. The molecule has 1 aliphatic rings. The maximum atomic E-state index is 12.2. The van der Waals surface area contributed by atoms with E-state index in [9.17, 15) is 14.4 Å². The van der Waals surface area contributed by atoms with E-state index in [0.29, 0.717) is 5.56 Å². The van der Waals surface area contributed by atoms with Crippen molar-refractivity contribution in [3.05, 3.63) is 34.9 Å². The van der Waals surface area contributed by atoms with Gasteiger partial charge in [0.15, 0.2) is 11.9 Å². The number of benzene rings is 1. The van der Waals surface area contributed by atoms with E-state index in [-0.39, 0.29) is 18.6 Å². The van der Waals surface area contributed by atoms with Gasteiger partial charge in [-0.15, -0.1) is 0 Å². The van der Waals surface area contributed by atoms with E-state index in [2.05, 4.69) is 0 Å². The fourth-order valence-corrected chi connectivity index (χ4v) is 2.58. The van der Waals surface area contributed by atoms with Crippen molar-refractivity contribution < 1.29 is 19.1 Å². The third kappa shape index (κ3) is 4.16. The topological polar surface area (TPSA) is 86.5 Å². The monoisotopic (exact) mass is 303 g/mol. The summed E-state index contributed by atoms with van der Waals surface area (Å²) < 4.78 is 4.82. The number of primary amides is 1. The summed E-state index contributed by atoms with van der Waals surface area (Å²) in [5, 5.41) is 0. The zero-order chi connectivity index (χ0) is 16.1. The first-order valence-electron chi connectivity index (χ1n) is 7.61. The van der Waals surface area contributed by atoms with Gasteiger partial charge in [-0.25, -0.2) is 0 Å². The summed E-state index contributed by atoms with van der Waals surface area (Å²) in [6.45, 7) is 1.41. The molecule has 0 fully saturated rings. The van der Waals surface area contributed by atoms with Gasteiger partial charge in [0.1, 0.15) is 0 Å². The molecule has 1 atom stereocenters. The minimum Gasteiger partial charge on any atom is -0.453 e. The minimum absolute atomic E-state index is 0.0481. The highest BCUT2D eigenvalue weighted by atomic mass is 16.5. The van der Waals surface area contributed by atoms with Gasteiger partial charge in [-0.05, 0) is 49.8 Å². The van der Waals surface area contributed by atoms with Crippen LogP contribution in [0.15, 0.2) is 18.2 Å². The molecule has 1 aromatic rings. The minimum atomic E-state index is -0.966. The van der Waals surface area contributed by atoms with E-state index in [1.165, 1.54) is 24.5 Å². The number of hydrogen-bond donors (Lipinski definition) is 1. The third-order valence-electron chi connectivity index (χ3n) is 3.94. The molecule has 2 rings (SSSR count). The van der Waals surface area contributed by atoms with Crippen molar-refractivity contribution in [2.24, 2.45) is 5.73 Å². The fraction of sp³-hybridized carbons (Fsp3) is 0.471. The van der Waals surface area contributed by atoms with Crippen molar-refractivity contribution in [1.29, 1.82) is 0 Å². The molecule has 0 unspecified atom stereocenters. The van der Waals surface area contributed by atoms with Gasteiger partial charge in [0.05, 0.1) is 6.42 Å². The van der Waals surface area contributed by atoms with Crippen LogP contribution in [0.2, 0.25) is 0 Å². The van der Waals surface area contributed by atoms with Crippen molar-refractivity contribution in [1.82, 2.24) is 0 Å². The Morgan fingerprint density at radius 3 is 2.50 bits per heavy atom. The maximum Gasteiger partial charge on any atom is 0.307 e. The summed E-state index contributed by atoms with van der Waals surface area (Å²) in [5.74, 6) is -1.37. The maximum absolute atomic E-state index is 12.2. The molecule has 5 heteroatoms. The number of ketones is 1. The van der Waals surface area contributed by atoms with Crippen molar-refractivity contribution in [3.63, 3.8) is 0 Å². The molecule has 1 aromatic carbocycles. The Morgan fingerprint density at radius 2 is 1.82 bits per heavy atom. The Morgan fingerprint density at radius 1 is 1.14 bits per heavy atom. The first kappa shape index (κ1) is 16.2. The summed E-state index contributed by atoms with van der Waals surface area (Å²) in [6, 6.07) is 5.77. The van der Waals surface area contributed by atoms with Crippen LogP contribution in [0.25, 0.3) is 0 Å². The van der Waals surface area contributed by atoms with Crippen LogP contribution < -0.4 is 5.73 Å². The molecule has 0 aromatic heterocycles. The number of carbonyl (C=O) groups is 3. The summed E-state index contributed by atoms with van der Waals surface area (Å²) in [7, 11) is 0. The predicted molar refractivity (Wildman–Crippen MR) is 81.4 cm³/mol. The fourth-order valence-electron chi connectivity index (χ4n) is 2.58. The number of carbonyl (C=O) groups excluding carboxylic acids is 3. The van der Waals surface area contributed by atoms with E-state index in [4.69, 9.17) is 10.5 Å². The van der Waals surface area contributed by atoms with E-state index >= 15 is 0 Å². The average molecular weight is 303 g/mol. The van der Waals surface area contributed by atoms with Gasteiger partial charge in [0.2, 0.25) is 0 Å². The van der Waals surface area contributed by atoms with Gasteiger partial charge < -0.3 is 10.5 Å². The van der Waals surface area contributed by atoms with Gasteiger partial charge in [0.25, 0.3) is 5.91 Å². The smallest absolute Gasteiger partial charge is 0.307 e. The Bertz CT molecular complexity index is 594. The molecular weight excluding hydrogens is 282 g/mol. The van der Waals surface area contributed by atoms with Gasteiger partial charge in [-0.3, -0.25) is 14.4 Å². The standard InChI is InChI=1S/C17H21NO4/c1-11(17(18)21)22-16(20)9-8-15(19)14-7-6-12-4-2-3-5-13(12)10-14/h6-7,10-11H,2-5,8-9H2,1H3,(H2,18,21)/t11-/m0/s1. The Balaban J connectivity index is 1.90. The van der Waals surface area contributed by atoms with E-state index in [1.807, 2.05) is 18.2 Å². The second-order valence-electron chi connectivity index (χ2n) is 5.65. The van der Waals surface area contributed by atoms with Crippen LogP contribution in [0.3, 0.4) is 0 Å². The van der Waals surface area contributed by atoms with E-state index in [1.54, 1.807) is 0 Å². The van der Waals surface area contributed by atoms with Crippen LogP contribution in [0.4, 0.5) is 0 Å². The van der Waals surface area contributed by atoms with Gasteiger partial charge in [-0.2, -0.15) is 0 Å². The van der Waals surface area contributed by atoms with Crippen molar-refractivity contribution >= 4 is 17.7 Å². The Kier molecular flexibility index (Phi) is 5.31. The first-order chi connectivity index (χ1) is 10.5. The number of esters is 1. The average Bonchev–Trinajstić information content (AvgIpc) is 2.52. The quantitative estimate of drug-likeness (QED) is 0.643. The number of amides is 1. The Hall–Kier alpha value is -2.17. The summed E-state index contributed by atoms with van der Waals surface area (Å²) in [6.07, 6.45) is 3.49. The normalized spacial score (nSPS) is 14.8. The zero-order valence-electron chi connectivity index (χ0n) is 12.8. The highest BCUT2D eigenvalue weighted by Crippen LogP contribution is 2.23. The van der Waals surface area contributed by atoms with Crippen molar-refractivity contribution in [3.8, 4) is 0 Å². The highest BCUT2D eigenvalue weighted by molar-refractivity contribution is 5.98. The van der Waals surface area contributed by atoms with Crippen LogP contribution in [0, 0.1) is 0 Å². The molecular formula is C17H21NO4. The lowest BCUT2D eigenvalue weighted by Crippen LogP contribution is -2.30. The molecule has 0 spiro atoms. The molecule has 5 nitrogen and oxygen atoms in total.